The van der Waals surface area contributed by atoms with Gasteiger partial charge in [0.1, 0.15) is 11.5 Å². The van der Waals surface area contributed by atoms with Crippen molar-refractivity contribution in [2.75, 3.05) is 0 Å². The van der Waals surface area contributed by atoms with Crippen LogP contribution in [0.1, 0.15) is 51.0 Å². The zero-order chi connectivity index (χ0) is 12.3. The molecule has 0 saturated heterocycles. The van der Waals surface area contributed by atoms with E-state index >= 15 is 0 Å². The van der Waals surface area contributed by atoms with Gasteiger partial charge in [0, 0.05) is 19.0 Å². The highest BCUT2D eigenvalue weighted by molar-refractivity contribution is 5.80. The van der Waals surface area contributed by atoms with Crippen molar-refractivity contribution >= 4 is 5.78 Å². The van der Waals surface area contributed by atoms with E-state index < -0.39 is 0 Å². The molecule has 0 bridgehead atoms. The molecule has 1 aliphatic carbocycles. The van der Waals surface area contributed by atoms with Crippen molar-refractivity contribution < 1.29 is 9.53 Å². The van der Waals surface area contributed by atoms with Gasteiger partial charge in [0.2, 0.25) is 0 Å². The number of carbonyl (C=O) groups is 1. The third-order valence-electron chi connectivity index (χ3n) is 3.06. The first kappa shape index (κ1) is 12.1. The molecule has 1 aliphatic rings. The number of ketones is 1. The highest BCUT2D eigenvalue weighted by Crippen LogP contribution is 2.31. The molecule has 0 N–H and O–H groups in total. The first-order valence-corrected chi connectivity index (χ1v) is 6.28. The molecule has 0 aromatic carbocycles. The predicted octanol–water partition coefficient (Wildman–Crippen LogP) is 3.10. The van der Waals surface area contributed by atoms with Crippen LogP contribution >= 0.6 is 0 Å². The minimum Gasteiger partial charge on any atom is -0.489 e. The van der Waals surface area contributed by atoms with Crippen molar-refractivity contribution in [3.8, 4) is 5.75 Å². The van der Waals surface area contributed by atoms with Crippen LogP contribution in [-0.4, -0.2) is 16.9 Å². The molecule has 1 fully saturated rings. The van der Waals surface area contributed by atoms with Crippen LogP contribution in [0, 0.1) is 0 Å². The standard InChI is InChI=1S/C14H19NO2/c1-10(2)17-14-7-12(8-15-9-14)11-4-3-5-13(16)6-11/h7-11H,3-6H2,1-2H3. The fourth-order valence-electron chi connectivity index (χ4n) is 2.30. The first-order valence-electron chi connectivity index (χ1n) is 6.28. The zero-order valence-electron chi connectivity index (χ0n) is 10.5. The minimum absolute atomic E-state index is 0.153. The first-order chi connectivity index (χ1) is 8.15. The van der Waals surface area contributed by atoms with Gasteiger partial charge in [0.25, 0.3) is 0 Å². The normalized spacial score (nSPS) is 20.6. The Morgan fingerprint density at radius 1 is 1.41 bits per heavy atom. The Morgan fingerprint density at radius 3 is 2.94 bits per heavy atom. The molecule has 1 unspecified atom stereocenters. The fraction of sp³-hybridized carbons (Fsp3) is 0.571. The Labute approximate surface area is 102 Å². The largest absolute Gasteiger partial charge is 0.489 e. The molecule has 1 aromatic heterocycles. The summed E-state index contributed by atoms with van der Waals surface area (Å²) >= 11 is 0. The summed E-state index contributed by atoms with van der Waals surface area (Å²) in [5, 5.41) is 0. The van der Waals surface area contributed by atoms with Gasteiger partial charge in [-0.1, -0.05) is 0 Å². The van der Waals surface area contributed by atoms with E-state index in [9.17, 15) is 4.79 Å². The van der Waals surface area contributed by atoms with Crippen molar-refractivity contribution in [1.82, 2.24) is 4.98 Å². The smallest absolute Gasteiger partial charge is 0.138 e. The van der Waals surface area contributed by atoms with Crippen molar-refractivity contribution in [2.45, 2.75) is 51.6 Å². The Kier molecular flexibility index (Phi) is 3.77. The van der Waals surface area contributed by atoms with Crippen LogP contribution in [0.2, 0.25) is 0 Å². The van der Waals surface area contributed by atoms with Crippen molar-refractivity contribution in [2.24, 2.45) is 0 Å². The highest BCUT2D eigenvalue weighted by atomic mass is 16.5. The molecule has 3 nitrogen and oxygen atoms in total. The van der Waals surface area contributed by atoms with Crippen LogP contribution < -0.4 is 4.74 Å². The lowest BCUT2D eigenvalue weighted by Crippen LogP contribution is -2.14. The number of rotatable bonds is 3. The van der Waals surface area contributed by atoms with E-state index in [1.54, 1.807) is 6.20 Å². The van der Waals surface area contributed by atoms with Crippen molar-refractivity contribution in [1.29, 1.82) is 0 Å². The van der Waals surface area contributed by atoms with Crippen LogP contribution in [0.3, 0.4) is 0 Å². The molecule has 2 rings (SSSR count). The lowest BCUT2D eigenvalue weighted by molar-refractivity contribution is -0.120. The van der Waals surface area contributed by atoms with E-state index in [2.05, 4.69) is 4.98 Å². The molecule has 0 spiro atoms. The second-order valence-corrected chi connectivity index (χ2v) is 4.95. The van der Waals surface area contributed by atoms with Gasteiger partial charge in [-0.2, -0.15) is 0 Å². The van der Waals surface area contributed by atoms with Crippen LogP contribution in [-0.2, 0) is 4.79 Å². The number of pyridine rings is 1. The molecular weight excluding hydrogens is 214 g/mol. The number of hydrogen-bond acceptors (Lipinski definition) is 3. The second-order valence-electron chi connectivity index (χ2n) is 4.95. The zero-order valence-corrected chi connectivity index (χ0v) is 10.5. The quantitative estimate of drug-likeness (QED) is 0.805. The number of aromatic nitrogens is 1. The summed E-state index contributed by atoms with van der Waals surface area (Å²) in [5.74, 6) is 1.51. The number of hydrogen-bond donors (Lipinski definition) is 0. The number of ether oxygens (including phenoxy) is 1. The lowest BCUT2D eigenvalue weighted by atomic mass is 9.84. The third kappa shape index (κ3) is 3.29. The number of nitrogens with zero attached hydrogens (tertiary/aromatic N) is 1. The van der Waals surface area contributed by atoms with Gasteiger partial charge in [-0.25, -0.2) is 0 Å². The molecule has 0 aliphatic heterocycles. The third-order valence-corrected chi connectivity index (χ3v) is 3.06. The molecule has 92 valence electrons. The molecule has 3 heteroatoms. The van der Waals surface area contributed by atoms with Gasteiger partial charge in [-0.05, 0) is 44.2 Å². The predicted molar refractivity (Wildman–Crippen MR) is 66.2 cm³/mol. The second kappa shape index (κ2) is 5.30. The van der Waals surface area contributed by atoms with Gasteiger partial charge in [-0.3, -0.25) is 9.78 Å². The molecule has 1 heterocycles. The van der Waals surface area contributed by atoms with E-state index in [1.807, 2.05) is 26.1 Å². The van der Waals surface area contributed by atoms with Crippen molar-refractivity contribution in [3.63, 3.8) is 0 Å². The maximum absolute atomic E-state index is 11.5. The average Bonchev–Trinajstić information content (AvgIpc) is 2.28. The molecule has 1 saturated carbocycles. The summed E-state index contributed by atoms with van der Waals surface area (Å²) in [6.45, 7) is 3.99. The highest BCUT2D eigenvalue weighted by Gasteiger charge is 2.21. The minimum atomic E-state index is 0.153. The Bertz CT molecular complexity index is 401. The SMILES string of the molecule is CC(C)Oc1cncc(C2CCCC(=O)C2)c1. The van der Waals surface area contributed by atoms with Crippen LogP contribution in [0.5, 0.6) is 5.75 Å². The van der Waals surface area contributed by atoms with E-state index in [0.717, 1.165) is 30.6 Å². The van der Waals surface area contributed by atoms with E-state index in [0.29, 0.717) is 18.1 Å². The summed E-state index contributed by atoms with van der Waals surface area (Å²) in [5.41, 5.74) is 1.14. The molecule has 1 aromatic rings. The van der Waals surface area contributed by atoms with E-state index in [1.165, 1.54) is 0 Å². The molecule has 17 heavy (non-hydrogen) atoms. The van der Waals surface area contributed by atoms with E-state index in [-0.39, 0.29) is 6.10 Å². The summed E-state index contributed by atoms with van der Waals surface area (Å²) in [6.07, 6.45) is 7.22. The molecule has 0 radical (unpaired) electrons. The average molecular weight is 233 g/mol. The molecule has 0 amide bonds. The molecular formula is C14H19NO2. The van der Waals surface area contributed by atoms with Gasteiger partial charge in [0.15, 0.2) is 0 Å². The van der Waals surface area contributed by atoms with Gasteiger partial charge >= 0.3 is 0 Å². The van der Waals surface area contributed by atoms with Crippen LogP contribution in [0.4, 0.5) is 0 Å². The van der Waals surface area contributed by atoms with Gasteiger partial charge in [0.05, 0.1) is 12.3 Å². The van der Waals surface area contributed by atoms with Gasteiger partial charge < -0.3 is 4.74 Å². The number of Topliss-reactive ketones (excluding diaryl/α,β-unsaturated/α-hetero) is 1. The maximum Gasteiger partial charge on any atom is 0.138 e. The lowest BCUT2D eigenvalue weighted by Gasteiger charge is -2.21. The summed E-state index contributed by atoms with van der Waals surface area (Å²) in [7, 11) is 0. The monoisotopic (exact) mass is 233 g/mol. The van der Waals surface area contributed by atoms with Gasteiger partial charge in [-0.15, -0.1) is 0 Å². The van der Waals surface area contributed by atoms with Crippen molar-refractivity contribution in [3.05, 3.63) is 24.0 Å². The Balaban J connectivity index is 2.12. The topological polar surface area (TPSA) is 39.2 Å². The van der Waals surface area contributed by atoms with E-state index in [4.69, 9.17) is 4.74 Å². The summed E-state index contributed by atoms with van der Waals surface area (Å²) < 4.78 is 5.63. The van der Waals surface area contributed by atoms with Crippen LogP contribution in [0.25, 0.3) is 0 Å². The Hall–Kier alpha value is -1.38. The maximum atomic E-state index is 11.5. The fourth-order valence-corrected chi connectivity index (χ4v) is 2.30. The Morgan fingerprint density at radius 2 is 2.24 bits per heavy atom. The molecule has 1 atom stereocenters. The summed E-state index contributed by atoms with van der Waals surface area (Å²) in [6, 6.07) is 2.02. The number of carbonyl (C=O) groups excluding carboxylic acids is 1. The van der Waals surface area contributed by atoms with Crippen LogP contribution in [0.15, 0.2) is 18.5 Å². The summed E-state index contributed by atoms with van der Waals surface area (Å²) in [4.78, 5) is 15.7.